The lowest BCUT2D eigenvalue weighted by Crippen LogP contribution is -2.15. The van der Waals surface area contributed by atoms with E-state index in [1.165, 1.54) is 6.33 Å². The molecule has 0 atom stereocenters. The van der Waals surface area contributed by atoms with E-state index in [2.05, 4.69) is 19.8 Å². The van der Waals surface area contributed by atoms with Crippen LogP contribution in [0.15, 0.2) is 79.4 Å². The van der Waals surface area contributed by atoms with Crippen molar-refractivity contribution < 1.29 is 13.2 Å². The third kappa shape index (κ3) is 5.00. The fourth-order valence-electron chi connectivity index (χ4n) is 2.75. The van der Waals surface area contributed by atoms with Crippen LogP contribution in [0.4, 0.5) is 5.69 Å². The number of hydrogen-bond acceptors (Lipinski definition) is 6. The molecule has 0 aliphatic carbocycles. The molecule has 0 radical (unpaired) electrons. The molecule has 2 aromatic heterocycles. The number of hydrogen-bond donors (Lipinski definition) is 1. The predicted molar refractivity (Wildman–Crippen MR) is 113 cm³/mol. The van der Waals surface area contributed by atoms with Gasteiger partial charge in [0.15, 0.2) is 5.82 Å². The summed E-state index contributed by atoms with van der Waals surface area (Å²) in [5.41, 5.74) is 2.26. The molecule has 0 aliphatic rings. The maximum atomic E-state index is 12.4. The van der Waals surface area contributed by atoms with Crippen molar-refractivity contribution >= 4 is 15.7 Å². The molecule has 0 saturated carbocycles. The van der Waals surface area contributed by atoms with Crippen LogP contribution < -0.4 is 9.46 Å². The molecule has 152 valence electrons. The zero-order valence-corrected chi connectivity index (χ0v) is 17.0. The van der Waals surface area contributed by atoms with Crippen molar-refractivity contribution in [3.63, 3.8) is 0 Å². The summed E-state index contributed by atoms with van der Waals surface area (Å²) >= 11 is 0. The van der Waals surface area contributed by atoms with Crippen LogP contribution in [0, 0.1) is 6.92 Å². The van der Waals surface area contributed by atoms with E-state index in [0.29, 0.717) is 23.1 Å². The van der Waals surface area contributed by atoms with E-state index in [4.69, 9.17) is 4.74 Å². The van der Waals surface area contributed by atoms with E-state index in [-0.39, 0.29) is 5.75 Å². The molecule has 4 aromatic rings. The Labute approximate surface area is 174 Å². The van der Waals surface area contributed by atoms with Crippen molar-refractivity contribution in [2.45, 2.75) is 12.7 Å². The summed E-state index contributed by atoms with van der Waals surface area (Å²) in [6, 6.07) is 17.5. The van der Waals surface area contributed by atoms with Crippen LogP contribution >= 0.6 is 0 Å². The van der Waals surface area contributed by atoms with Crippen LogP contribution in [0.1, 0.15) is 11.1 Å². The largest absolute Gasteiger partial charge is 0.439 e. The van der Waals surface area contributed by atoms with E-state index in [1.54, 1.807) is 53.5 Å². The first-order chi connectivity index (χ1) is 14.5. The second kappa shape index (κ2) is 8.34. The van der Waals surface area contributed by atoms with E-state index >= 15 is 0 Å². The minimum absolute atomic E-state index is 0.0946. The highest BCUT2D eigenvalue weighted by Crippen LogP contribution is 2.23. The van der Waals surface area contributed by atoms with E-state index in [0.717, 1.165) is 11.1 Å². The molecule has 0 amide bonds. The molecule has 0 unspecified atom stereocenters. The number of rotatable bonds is 7. The lowest BCUT2D eigenvalue weighted by atomic mass is 10.2. The molecule has 9 heteroatoms. The standard InChI is InChI=1S/C21H19N5O3S/c1-16-3-5-17(6-4-16)14-30(27,28)25-18-7-9-19(10-8-18)29-21-13-20(22-15-23-21)26-12-2-11-24-26/h2-13,15,25H,14H2,1H3. The van der Waals surface area contributed by atoms with Gasteiger partial charge in [0.2, 0.25) is 15.9 Å². The Hall–Kier alpha value is -3.72. The molecule has 0 fully saturated rings. The summed E-state index contributed by atoms with van der Waals surface area (Å²) in [6.07, 6.45) is 4.81. The lowest BCUT2D eigenvalue weighted by Gasteiger charge is -2.10. The van der Waals surface area contributed by atoms with Crippen LogP contribution in [0.2, 0.25) is 0 Å². The Kier molecular flexibility index (Phi) is 5.44. The van der Waals surface area contributed by atoms with E-state index in [9.17, 15) is 8.42 Å². The average Bonchev–Trinajstić information content (AvgIpc) is 3.26. The van der Waals surface area contributed by atoms with E-state index < -0.39 is 10.0 Å². The minimum atomic E-state index is -3.52. The van der Waals surface area contributed by atoms with Gasteiger partial charge < -0.3 is 4.74 Å². The van der Waals surface area contributed by atoms with Crippen LogP contribution in [0.3, 0.4) is 0 Å². The summed E-state index contributed by atoms with van der Waals surface area (Å²) in [5.74, 6) is 1.35. The highest BCUT2D eigenvalue weighted by molar-refractivity contribution is 7.91. The second-order valence-corrected chi connectivity index (χ2v) is 8.36. The number of benzene rings is 2. The Bertz CT molecular complexity index is 1220. The number of sulfonamides is 1. The molecule has 0 bridgehead atoms. The molecular formula is C21H19N5O3S. The number of aromatic nitrogens is 4. The summed E-state index contributed by atoms with van der Waals surface area (Å²) in [4.78, 5) is 8.24. The van der Waals surface area contributed by atoms with Gasteiger partial charge in [-0.3, -0.25) is 4.72 Å². The van der Waals surface area contributed by atoms with Gasteiger partial charge >= 0.3 is 0 Å². The van der Waals surface area contributed by atoms with Crippen LogP contribution in [-0.4, -0.2) is 28.2 Å². The van der Waals surface area contributed by atoms with Gasteiger partial charge in [0.05, 0.1) is 5.75 Å². The molecule has 2 aromatic carbocycles. The first-order valence-electron chi connectivity index (χ1n) is 9.13. The first-order valence-corrected chi connectivity index (χ1v) is 10.8. The van der Waals surface area contributed by atoms with Gasteiger partial charge in [0.25, 0.3) is 0 Å². The van der Waals surface area contributed by atoms with Crippen LogP contribution in [0.25, 0.3) is 5.82 Å². The number of ether oxygens (including phenoxy) is 1. The highest BCUT2D eigenvalue weighted by atomic mass is 32.2. The summed E-state index contributed by atoms with van der Waals surface area (Å²) in [6.45, 7) is 1.96. The van der Waals surface area contributed by atoms with Gasteiger partial charge in [0.1, 0.15) is 12.1 Å². The molecular weight excluding hydrogens is 402 g/mol. The molecule has 2 heterocycles. The molecule has 0 saturated heterocycles. The van der Waals surface area contributed by atoms with E-state index in [1.807, 2.05) is 31.2 Å². The lowest BCUT2D eigenvalue weighted by molar-refractivity contribution is 0.460. The molecule has 30 heavy (non-hydrogen) atoms. The predicted octanol–water partition coefficient (Wildman–Crippen LogP) is 3.70. The molecule has 0 spiro atoms. The molecule has 1 N–H and O–H groups in total. The Morgan fingerprint density at radius 3 is 2.50 bits per heavy atom. The SMILES string of the molecule is Cc1ccc(CS(=O)(=O)Nc2ccc(Oc3cc(-n4cccn4)ncn3)cc2)cc1. The maximum Gasteiger partial charge on any atom is 0.236 e. The fraction of sp³-hybridized carbons (Fsp3) is 0.0952. The number of nitrogens with one attached hydrogen (secondary N) is 1. The molecule has 4 rings (SSSR count). The molecule has 8 nitrogen and oxygen atoms in total. The van der Waals surface area contributed by atoms with Gasteiger partial charge in [0, 0.05) is 24.1 Å². The minimum Gasteiger partial charge on any atom is -0.439 e. The van der Waals surface area contributed by atoms with Crippen molar-refractivity contribution in [1.82, 2.24) is 19.7 Å². The Balaban J connectivity index is 1.42. The Morgan fingerprint density at radius 2 is 1.80 bits per heavy atom. The second-order valence-electron chi connectivity index (χ2n) is 6.64. The van der Waals surface area contributed by atoms with Gasteiger partial charge in [-0.05, 0) is 42.8 Å². The highest BCUT2D eigenvalue weighted by Gasteiger charge is 2.12. The maximum absolute atomic E-state index is 12.4. The van der Waals surface area contributed by atoms with Gasteiger partial charge in [-0.25, -0.2) is 23.1 Å². The monoisotopic (exact) mass is 421 g/mol. The summed E-state index contributed by atoms with van der Waals surface area (Å²) in [5, 5.41) is 4.12. The first kappa shape index (κ1) is 19.6. The quantitative estimate of drug-likeness (QED) is 0.488. The molecule has 0 aliphatic heterocycles. The van der Waals surface area contributed by atoms with Gasteiger partial charge in [-0.2, -0.15) is 5.10 Å². The van der Waals surface area contributed by atoms with Crippen LogP contribution in [-0.2, 0) is 15.8 Å². The third-order valence-corrected chi connectivity index (χ3v) is 5.45. The average molecular weight is 421 g/mol. The van der Waals surface area contributed by atoms with Crippen molar-refractivity contribution in [2.24, 2.45) is 0 Å². The smallest absolute Gasteiger partial charge is 0.236 e. The zero-order valence-electron chi connectivity index (χ0n) is 16.1. The van der Waals surface area contributed by atoms with Crippen molar-refractivity contribution in [1.29, 1.82) is 0 Å². The zero-order chi connectivity index (χ0) is 21.0. The summed E-state index contributed by atoms with van der Waals surface area (Å²) in [7, 11) is -3.52. The van der Waals surface area contributed by atoms with Crippen LogP contribution in [0.5, 0.6) is 11.6 Å². The van der Waals surface area contributed by atoms with Gasteiger partial charge in [-0.1, -0.05) is 29.8 Å². The number of nitrogens with zero attached hydrogens (tertiary/aromatic N) is 4. The number of aryl methyl sites for hydroxylation is 1. The fourth-order valence-corrected chi connectivity index (χ4v) is 3.95. The van der Waals surface area contributed by atoms with Crippen molar-refractivity contribution in [3.8, 4) is 17.4 Å². The van der Waals surface area contributed by atoms with Crippen molar-refractivity contribution in [2.75, 3.05) is 4.72 Å². The normalized spacial score (nSPS) is 11.2. The third-order valence-electron chi connectivity index (χ3n) is 4.19. The Morgan fingerprint density at radius 1 is 1.03 bits per heavy atom. The number of anilines is 1. The van der Waals surface area contributed by atoms with Crippen molar-refractivity contribution in [3.05, 3.63) is 90.5 Å². The van der Waals surface area contributed by atoms with Gasteiger partial charge in [-0.15, -0.1) is 0 Å². The topological polar surface area (TPSA) is 99.0 Å². The summed E-state index contributed by atoms with van der Waals surface area (Å²) < 4.78 is 34.7.